The molecule has 0 radical (unpaired) electrons. The van der Waals surface area contributed by atoms with Gasteiger partial charge in [0.1, 0.15) is 18.1 Å². The molecule has 0 spiro atoms. The van der Waals surface area contributed by atoms with E-state index in [9.17, 15) is 4.79 Å². The fourth-order valence-electron chi connectivity index (χ4n) is 2.43. The van der Waals surface area contributed by atoms with Crippen LogP contribution in [0.2, 0.25) is 0 Å². The third kappa shape index (κ3) is 5.33. The number of ether oxygens (including phenoxy) is 2. The van der Waals surface area contributed by atoms with Gasteiger partial charge in [0.05, 0.1) is 5.56 Å². The molecule has 0 heterocycles. The van der Waals surface area contributed by atoms with E-state index in [0.717, 1.165) is 23.4 Å². The normalized spacial score (nSPS) is 11.0. The van der Waals surface area contributed by atoms with Crippen LogP contribution < -0.4 is 9.47 Å². The van der Waals surface area contributed by atoms with E-state index >= 15 is 0 Å². The average molecular weight is 341 g/mol. The summed E-state index contributed by atoms with van der Waals surface area (Å²) >= 11 is 0. The molecule has 0 saturated carbocycles. The molecule has 2 aromatic rings. The lowest BCUT2D eigenvalue weighted by Crippen LogP contribution is -2.20. The Hall–Kier alpha value is -2.33. The predicted octanol–water partition coefficient (Wildman–Crippen LogP) is 4.28. The van der Waals surface area contributed by atoms with Crippen LogP contribution in [0.5, 0.6) is 11.5 Å². The van der Waals surface area contributed by atoms with Crippen LogP contribution in [0.3, 0.4) is 0 Å². The number of nitrogens with zero attached hydrogens (tertiary/aromatic N) is 1. The molecule has 0 aliphatic carbocycles. The summed E-state index contributed by atoms with van der Waals surface area (Å²) in [6, 6.07) is 12.9. The van der Waals surface area contributed by atoms with Crippen LogP contribution in [0.15, 0.2) is 42.5 Å². The molecule has 134 valence electrons. The second-order valence-corrected chi connectivity index (χ2v) is 6.72. The van der Waals surface area contributed by atoms with Crippen molar-refractivity contribution >= 4 is 5.97 Å². The summed E-state index contributed by atoms with van der Waals surface area (Å²) < 4.78 is 11.6. The number of rotatable bonds is 7. The molecule has 2 rings (SSSR count). The van der Waals surface area contributed by atoms with Gasteiger partial charge in [-0.1, -0.05) is 32.0 Å². The SMILES string of the molecule is Cc1cc(OCCN(C)C)c(C(C)C)cc1OC(=O)c1ccccc1. The van der Waals surface area contributed by atoms with Crippen LogP contribution >= 0.6 is 0 Å². The first-order valence-electron chi connectivity index (χ1n) is 8.57. The summed E-state index contributed by atoms with van der Waals surface area (Å²) in [4.78, 5) is 14.4. The molecule has 0 unspecified atom stereocenters. The number of carbonyl (C=O) groups is 1. The van der Waals surface area contributed by atoms with Gasteiger partial charge in [-0.05, 0) is 56.8 Å². The smallest absolute Gasteiger partial charge is 0.343 e. The molecule has 0 atom stereocenters. The highest BCUT2D eigenvalue weighted by Gasteiger charge is 2.16. The Morgan fingerprint density at radius 2 is 1.76 bits per heavy atom. The minimum absolute atomic E-state index is 0.268. The molecule has 0 bridgehead atoms. The summed E-state index contributed by atoms with van der Waals surface area (Å²) in [6.45, 7) is 7.60. The van der Waals surface area contributed by atoms with Gasteiger partial charge in [0.15, 0.2) is 0 Å². The number of hydrogen-bond donors (Lipinski definition) is 0. The first kappa shape index (κ1) is 19.0. The number of benzene rings is 2. The van der Waals surface area contributed by atoms with E-state index in [1.807, 2.05) is 51.4 Å². The fraction of sp³-hybridized carbons (Fsp3) is 0.381. The maximum Gasteiger partial charge on any atom is 0.343 e. The van der Waals surface area contributed by atoms with Crippen molar-refractivity contribution in [3.8, 4) is 11.5 Å². The minimum atomic E-state index is -0.348. The van der Waals surface area contributed by atoms with E-state index in [0.29, 0.717) is 17.9 Å². The quantitative estimate of drug-likeness (QED) is 0.557. The Labute approximate surface area is 150 Å². The molecule has 0 fully saturated rings. The monoisotopic (exact) mass is 341 g/mol. The second kappa shape index (κ2) is 8.67. The largest absolute Gasteiger partial charge is 0.492 e. The van der Waals surface area contributed by atoms with E-state index in [2.05, 4.69) is 18.7 Å². The maximum atomic E-state index is 12.3. The summed E-state index contributed by atoms with van der Waals surface area (Å²) in [6.07, 6.45) is 0. The highest BCUT2D eigenvalue weighted by molar-refractivity contribution is 5.91. The lowest BCUT2D eigenvalue weighted by atomic mass is 9.99. The Balaban J connectivity index is 2.22. The topological polar surface area (TPSA) is 38.8 Å². The number of esters is 1. The zero-order chi connectivity index (χ0) is 18.4. The van der Waals surface area contributed by atoms with Crippen LogP contribution in [0.4, 0.5) is 0 Å². The number of hydrogen-bond acceptors (Lipinski definition) is 4. The van der Waals surface area contributed by atoms with Gasteiger partial charge in [0.2, 0.25) is 0 Å². The molecule has 25 heavy (non-hydrogen) atoms. The zero-order valence-corrected chi connectivity index (χ0v) is 15.7. The molecular formula is C21H27NO3. The van der Waals surface area contributed by atoms with E-state index in [1.165, 1.54) is 0 Å². The fourth-order valence-corrected chi connectivity index (χ4v) is 2.43. The van der Waals surface area contributed by atoms with Gasteiger partial charge in [0.25, 0.3) is 0 Å². The van der Waals surface area contributed by atoms with Crippen molar-refractivity contribution in [1.29, 1.82) is 0 Å². The standard InChI is InChI=1S/C21H27NO3/c1-15(2)18-14-19(25-21(23)17-9-7-6-8-10-17)16(3)13-20(18)24-12-11-22(4)5/h6-10,13-15H,11-12H2,1-5H3. The number of likely N-dealkylation sites (N-methyl/N-ethyl adjacent to an activating group) is 1. The molecule has 0 saturated heterocycles. The van der Waals surface area contributed by atoms with Crippen molar-refractivity contribution in [1.82, 2.24) is 4.90 Å². The summed E-state index contributed by atoms with van der Waals surface area (Å²) in [5.74, 6) is 1.36. The van der Waals surface area contributed by atoms with Gasteiger partial charge in [-0.15, -0.1) is 0 Å². The van der Waals surface area contributed by atoms with Crippen LogP contribution in [0.25, 0.3) is 0 Å². The van der Waals surface area contributed by atoms with E-state index in [4.69, 9.17) is 9.47 Å². The van der Waals surface area contributed by atoms with E-state index in [-0.39, 0.29) is 11.9 Å². The van der Waals surface area contributed by atoms with Crippen LogP contribution in [0, 0.1) is 6.92 Å². The highest BCUT2D eigenvalue weighted by Crippen LogP contribution is 2.33. The van der Waals surface area contributed by atoms with Crippen molar-refractivity contribution in [2.75, 3.05) is 27.2 Å². The van der Waals surface area contributed by atoms with E-state index in [1.54, 1.807) is 12.1 Å². The second-order valence-electron chi connectivity index (χ2n) is 6.72. The van der Waals surface area contributed by atoms with Crippen molar-refractivity contribution in [3.05, 3.63) is 59.2 Å². The van der Waals surface area contributed by atoms with Gasteiger partial charge in [-0.2, -0.15) is 0 Å². The molecule has 4 nitrogen and oxygen atoms in total. The van der Waals surface area contributed by atoms with Gasteiger partial charge in [-0.3, -0.25) is 0 Å². The van der Waals surface area contributed by atoms with Crippen LogP contribution in [-0.4, -0.2) is 38.1 Å². The lowest BCUT2D eigenvalue weighted by molar-refractivity contribution is 0.0733. The number of carbonyl (C=O) groups excluding carboxylic acids is 1. The molecule has 0 N–H and O–H groups in total. The highest BCUT2D eigenvalue weighted by atomic mass is 16.5. The third-order valence-corrected chi connectivity index (χ3v) is 3.94. The molecule has 0 aliphatic heterocycles. The lowest BCUT2D eigenvalue weighted by Gasteiger charge is -2.18. The Bertz CT molecular complexity index is 709. The third-order valence-electron chi connectivity index (χ3n) is 3.94. The first-order valence-corrected chi connectivity index (χ1v) is 8.57. The van der Waals surface area contributed by atoms with Gasteiger partial charge < -0.3 is 14.4 Å². The van der Waals surface area contributed by atoms with Crippen LogP contribution in [0.1, 0.15) is 41.3 Å². The van der Waals surface area contributed by atoms with Crippen molar-refractivity contribution in [2.45, 2.75) is 26.7 Å². The van der Waals surface area contributed by atoms with E-state index < -0.39 is 0 Å². The van der Waals surface area contributed by atoms with Gasteiger partial charge >= 0.3 is 5.97 Å². The summed E-state index contributed by atoms with van der Waals surface area (Å²) in [5, 5.41) is 0. The molecular weight excluding hydrogens is 314 g/mol. The molecule has 4 heteroatoms. The zero-order valence-electron chi connectivity index (χ0n) is 15.7. The average Bonchev–Trinajstić information content (AvgIpc) is 2.57. The Morgan fingerprint density at radius 3 is 2.36 bits per heavy atom. The Kier molecular flexibility index (Phi) is 6.59. The maximum absolute atomic E-state index is 12.3. The predicted molar refractivity (Wildman–Crippen MR) is 101 cm³/mol. The summed E-state index contributed by atoms with van der Waals surface area (Å²) in [5.41, 5.74) is 2.47. The van der Waals surface area contributed by atoms with Crippen LogP contribution in [-0.2, 0) is 0 Å². The molecule has 0 aromatic heterocycles. The van der Waals surface area contributed by atoms with Crippen molar-refractivity contribution in [3.63, 3.8) is 0 Å². The molecule has 0 aliphatic rings. The minimum Gasteiger partial charge on any atom is -0.492 e. The molecule has 0 amide bonds. The molecule has 2 aromatic carbocycles. The Morgan fingerprint density at radius 1 is 1.08 bits per heavy atom. The van der Waals surface area contributed by atoms with Crippen molar-refractivity contribution in [2.24, 2.45) is 0 Å². The van der Waals surface area contributed by atoms with Gasteiger partial charge in [0, 0.05) is 12.1 Å². The van der Waals surface area contributed by atoms with Crippen molar-refractivity contribution < 1.29 is 14.3 Å². The summed E-state index contributed by atoms with van der Waals surface area (Å²) in [7, 11) is 4.04. The first-order chi connectivity index (χ1) is 11.9. The van der Waals surface area contributed by atoms with Gasteiger partial charge in [-0.25, -0.2) is 4.79 Å². The number of aryl methyl sites for hydroxylation is 1.